The van der Waals surface area contributed by atoms with Crippen molar-refractivity contribution in [3.8, 4) is 0 Å². The van der Waals surface area contributed by atoms with E-state index in [1.165, 1.54) is 0 Å². The van der Waals surface area contributed by atoms with Crippen LogP contribution in [-0.4, -0.2) is 16.9 Å². The van der Waals surface area contributed by atoms with E-state index in [0.717, 1.165) is 6.42 Å². The molecule has 0 fully saturated rings. The zero-order valence-corrected chi connectivity index (χ0v) is 12.2. The summed E-state index contributed by atoms with van der Waals surface area (Å²) in [5, 5.41) is 3.35. The molecule has 0 heterocycles. The van der Waals surface area contributed by atoms with Gasteiger partial charge in [0.15, 0.2) is 0 Å². The Bertz CT molecular complexity index is 445. The first-order valence-electron chi connectivity index (χ1n) is 5.51. The summed E-state index contributed by atoms with van der Waals surface area (Å²) in [5.41, 5.74) is 5.82. The molecule has 1 atom stereocenters. The monoisotopic (exact) mass is 304 g/mol. The maximum atomic E-state index is 12.1. The number of nitrogens with one attached hydrogen (secondary N) is 1. The molecule has 0 aliphatic heterocycles. The molecule has 98 valence electrons. The zero-order valence-electron chi connectivity index (χ0n) is 9.87. The Labute approximate surface area is 122 Å². The molecule has 1 unspecified atom stereocenters. The first-order chi connectivity index (χ1) is 8.47. The molecule has 6 heteroatoms. The fraction of sp³-hybridized carbons (Fsp3) is 0.333. The van der Waals surface area contributed by atoms with Gasteiger partial charge in [-0.25, -0.2) is 0 Å². The fourth-order valence-electron chi connectivity index (χ4n) is 1.52. The van der Waals surface area contributed by atoms with Crippen LogP contribution in [0.15, 0.2) is 18.2 Å². The van der Waals surface area contributed by atoms with E-state index in [1.54, 1.807) is 18.2 Å². The van der Waals surface area contributed by atoms with Crippen molar-refractivity contribution in [3.05, 3.63) is 33.8 Å². The van der Waals surface area contributed by atoms with Gasteiger partial charge in [0.05, 0.1) is 26.6 Å². The summed E-state index contributed by atoms with van der Waals surface area (Å²) < 4.78 is 0. The Kier molecular flexibility index (Phi) is 5.85. The van der Waals surface area contributed by atoms with Crippen LogP contribution < -0.4 is 11.1 Å². The van der Waals surface area contributed by atoms with Crippen LogP contribution >= 0.6 is 35.4 Å². The number of carbonyl (C=O) groups is 1. The van der Waals surface area contributed by atoms with Crippen molar-refractivity contribution in [3.63, 3.8) is 0 Å². The normalized spacial score (nSPS) is 11.9. The lowest BCUT2D eigenvalue weighted by molar-refractivity contribution is 0.0946. The van der Waals surface area contributed by atoms with Crippen molar-refractivity contribution in [1.82, 2.24) is 5.32 Å². The highest BCUT2D eigenvalue weighted by Crippen LogP contribution is 2.24. The molecule has 0 saturated heterocycles. The molecule has 0 aromatic heterocycles. The second kappa shape index (κ2) is 6.92. The van der Waals surface area contributed by atoms with E-state index in [0.29, 0.717) is 16.5 Å². The van der Waals surface area contributed by atoms with Crippen molar-refractivity contribution in [2.45, 2.75) is 25.8 Å². The van der Waals surface area contributed by atoms with Crippen molar-refractivity contribution in [2.24, 2.45) is 5.73 Å². The lowest BCUT2D eigenvalue weighted by Crippen LogP contribution is -2.43. The van der Waals surface area contributed by atoms with Gasteiger partial charge in [-0.2, -0.15) is 0 Å². The van der Waals surface area contributed by atoms with E-state index in [-0.39, 0.29) is 22.5 Å². The van der Waals surface area contributed by atoms with Gasteiger partial charge in [0.2, 0.25) is 0 Å². The summed E-state index contributed by atoms with van der Waals surface area (Å²) >= 11 is 16.8. The third-order valence-corrected chi connectivity index (χ3v) is 3.33. The molecule has 0 bridgehead atoms. The van der Waals surface area contributed by atoms with Gasteiger partial charge in [-0.05, 0) is 18.6 Å². The van der Waals surface area contributed by atoms with Crippen LogP contribution in [0.3, 0.4) is 0 Å². The molecule has 3 N–H and O–H groups in total. The standard InChI is InChI=1S/C12H14Cl2N2OS/c1-2-4-9(11(15)18)16-12(17)10-7(13)5-3-6-8(10)14/h3,5-6,9H,2,4H2,1H3,(H2,15,18)(H,16,17). The second-order valence-corrected chi connectivity index (χ2v) is 5.10. The van der Waals surface area contributed by atoms with Crippen LogP contribution in [-0.2, 0) is 0 Å². The van der Waals surface area contributed by atoms with Crippen LogP contribution in [0.2, 0.25) is 10.0 Å². The van der Waals surface area contributed by atoms with E-state index in [9.17, 15) is 4.79 Å². The van der Waals surface area contributed by atoms with E-state index in [4.69, 9.17) is 41.2 Å². The lowest BCUT2D eigenvalue weighted by Gasteiger charge is -2.17. The molecule has 0 radical (unpaired) electrons. The predicted molar refractivity (Wildman–Crippen MR) is 79.4 cm³/mol. The molecule has 1 amide bonds. The number of halogens is 2. The SMILES string of the molecule is CCCC(NC(=O)c1c(Cl)cccc1Cl)C(N)=S. The van der Waals surface area contributed by atoms with Crippen LogP contribution in [0.4, 0.5) is 0 Å². The van der Waals surface area contributed by atoms with Gasteiger partial charge in [-0.1, -0.05) is 54.8 Å². The molecule has 0 aliphatic rings. The first-order valence-corrected chi connectivity index (χ1v) is 6.68. The van der Waals surface area contributed by atoms with Crippen LogP contribution in [0.1, 0.15) is 30.1 Å². The maximum Gasteiger partial charge on any atom is 0.254 e. The Morgan fingerprint density at radius 2 is 2.00 bits per heavy atom. The fourth-order valence-corrected chi connectivity index (χ4v) is 2.27. The van der Waals surface area contributed by atoms with Crippen molar-refractivity contribution >= 4 is 46.3 Å². The van der Waals surface area contributed by atoms with Gasteiger partial charge in [0.25, 0.3) is 5.91 Å². The summed E-state index contributed by atoms with van der Waals surface area (Å²) in [7, 11) is 0. The number of hydrogen-bond acceptors (Lipinski definition) is 2. The Hall–Kier alpha value is -0.840. The van der Waals surface area contributed by atoms with Crippen LogP contribution in [0, 0.1) is 0 Å². The molecule has 0 spiro atoms. The van der Waals surface area contributed by atoms with E-state index in [1.807, 2.05) is 6.92 Å². The average molecular weight is 305 g/mol. The average Bonchev–Trinajstić information content (AvgIpc) is 2.28. The minimum Gasteiger partial charge on any atom is -0.392 e. The highest BCUT2D eigenvalue weighted by atomic mass is 35.5. The largest absolute Gasteiger partial charge is 0.392 e. The van der Waals surface area contributed by atoms with Gasteiger partial charge in [0.1, 0.15) is 0 Å². The van der Waals surface area contributed by atoms with Gasteiger partial charge in [-0.3, -0.25) is 4.79 Å². The number of benzene rings is 1. The number of nitrogens with two attached hydrogens (primary N) is 1. The van der Waals surface area contributed by atoms with Gasteiger partial charge >= 0.3 is 0 Å². The molecule has 3 nitrogen and oxygen atoms in total. The summed E-state index contributed by atoms with van der Waals surface area (Å²) in [4.78, 5) is 12.3. The minimum absolute atomic E-state index is 0.248. The smallest absolute Gasteiger partial charge is 0.254 e. The molecule has 0 aliphatic carbocycles. The van der Waals surface area contributed by atoms with Crippen molar-refractivity contribution in [1.29, 1.82) is 0 Å². The van der Waals surface area contributed by atoms with Crippen molar-refractivity contribution in [2.75, 3.05) is 0 Å². The van der Waals surface area contributed by atoms with Gasteiger partial charge < -0.3 is 11.1 Å². The third kappa shape index (κ3) is 3.83. The quantitative estimate of drug-likeness (QED) is 0.822. The Morgan fingerprint density at radius 1 is 1.44 bits per heavy atom. The molecule has 0 saturated carbocycles. The highest BCUT2D eigenvalue weighted by Gasteiger charge is 2.19. The number of thiocarbonyl (C=S) groups is 1. The summed E-state index contributed by atoms with van der Waals surface area (Å²) in [6.07, 6.45) is 1.54. The number of carbonyl (C=O) groups excluding carboxylic acids is 1. The Balaban J connectivity index is 2.90. The molecule has 18 heavy (non-hydrogen) atoms. The Morgan fingerprint density at radius 3 is 2.44 bits per heavy atom. The first kappa shape index (κ1) is 15.2. The molecule has 1 aromatic carbocycles. The maximum absolute atomic E-state index is 12.1. The number of hydrogen-bond donors (Lipinski definition) is 2. The second-order valence-electron chi connectivity index (χ2n) is 3.81. The molecule has 1 aromatic rings. The highest BCUT2D eigenvalue weighted by molar-refractivity contribution is 7.80. The summed E-state index contributed by atoms with van der Waals surface area (Å²) in [5.74, 6) is -0.364. The molecular weight excluding hydrogens is 291 g/mol. The summed E-state index contributed by atoms with van der Waals surface area (Å²) in [6.45, 7) is 1.99. The van der Waals surface area contributed by atoms with Gasteiger partial charge in [0, 0.05) is 0 Å². The lowest BCUT2D eigenvalue weighted by atomic mass is 10.1. The predicted octanol–water partition coefficient (Wildman–Crippen LogP) is 3.18. The minimum atomic E-state index is -0.364. The zero-order chi connectivity index (χ0) is 13.7. The van der Waals surface area contributed by atoms with Crippen LogP contribution in [0.25, 0.3) is 0 Å². The van der Waals surface area contributed by atoms with E-state index < -0.39 is 0 Å². The van der Waals surface area contributed by atoms with Crippen molar-refractivity contribution < 1.29 is 4.79 Å². The van der Waals surface area contributed by atoms with E-state index in [2.05, 4.69) is 5.32 Å². The molecule has 1 rings (SSSR count). The number of amides is 1. The summed E-state index contributed by atoms with van der Waals surface area (Å²) in [6, 6.07) is 4.55. The molecular formula is C12H14Cl2N2OS. The third-order valence-electron chi connectivity index (χ3n) is 2.42. The topological polar surface area (TPSA) is 55.1 Å². The van der Waals surface area contributed by atoms with E-state index >= 15 is 0 Å². The number of rotatable bonds is 5. The van der Waals surface area contributed by atoms with Gasteiger partial charge in [-0.15, -0.1) is 0 Å². The van der Waals surface area contributed by atoms with Crippen LogP contribution in [0.5, 0.6) is 0 Å².